The largest absolute Gasteiger partial charge is 0.314 e. The van der Waals surface area contributed by atoms with E-state index < -0.39 is 10.0 Å². The third-order valence-corrected chi connectivity index (χ3v) is 6.01. The quantitative estimate of drug-likeness (QED) is 0.930. The average Bonchev–Trinajstić information content (AvgIpc) is 2.38. The van der Waals surface area contributed by atoms with Crippen molar-refractivity contribution >= 4 is 10.0 Å². The van der Waals surface area contributed by atoms with E-state index in [4.69, 9.17) is 0 Å². The van der Waals surface area contributed by atoms with Gasteiger partial charge in [0.25, 0.3) is 0 Å². The molecule has 2 atom stereocenters. The summed E-state index contributed by atoms with van der Waals surface area (Å²) in [5.74, 6) is 0.406. The molecule has 0 amide bonds. The lowest BCUT2D eigenvalue weighted by Crippen LogP contribution is -2.57. The van der Waals surface area contributed by atoms with Gasteiger partial charge in [-0.2, -0.15) is 4.31 Å². The molecule has 1 saturated heterocycles. The Morgan fingerprint density at radius 3 is 2.05 bits per heavy atom. The molecule has 112 valence electrons. The van der Waals surface area contributed by atoms with Crippen LogP contribution in [0, 0.1) is 0 Å². The molecule has 1 heterocycles. The second-order valence-electron chi connectivity index (χ2n) is 5.91. The van der Waals surface area contributed by atoms with E-state index in [0.717, 1.165) is 5.56 Å². The van der Waals surface area contributed by atoms with Crippen molar-refractivity contribution in [3.05, 3.63) is 29.8 Å². The lowest BCUT2D eigenvalue weighted by atomic mass is 10.0. The summed E-state index contributed by atoms with van der Waals surface area (Å²) in [4.78, 5) is 0.391. The molecule has 0 aromatic heterocycles. The van der Waals surface area contributed by atoms with Gasteiger partial charge in [0.05, 0.1) is 4.90 Å². The minimum Gasteiger partial charge on any atom is -0.314 e. The number of piperazine rings is 1. The monoisotopic (exact) mass is 296 g/mol. The van der Waals surface area contributed by atoms with Gasteiger partial charge in [0, 0.05) is 25.2 Å². The van der Waals surface area contributed by atoms with Gasteiger partial charge in [-0.25, -0.2) is 8.42 Å². The molecule has 5 heteroatoms. The van der Waals surface area contributed by atoms with Crippen molar-refractivity contribution < 1.29 is 8.42 Å². The van der Waals surface area contributed by atoms with E-state index in [9.17, 15) is 8.42 Å². The molecule has 2 rings (SSSR count). The first-order chi connectivity index (χ1) is 9.34. The fourth-order valence-corrected chi connectivity index (χ4v) is 4.56. The minimum absolute atomic E-state index is 0.0199. The van der Waals surface area contributed by atoms with E-state index in [1.807, 2.05) is 26.0 Å². The van der Waals surface area contributed by atoms with Crippen LogP contribution in [0.25, 0.3) is 0 Å². The van der Waals surface area contributed by atoms with Crippen LogP contribution in [0.15, 0.2) is 29.2 Å². The zero-order valence-electron chi connectivity index (χ0n) is 12.6. The molecule has 1 aromatic carbocycles. The number of rotatable bonds is 3. The highest BCUT2D eigenvalue weighted by molar-refractivity contribution is 7.89. The van der Waals surface area contributed by atoms with E-state index in [-0.39, 0.29) is 12.1 Å². The van der Waals surface area contributed by atoms with Gasteiger partial charge in [-0.1, -0.05) is 26.0 Å². The van der Waals surface area contributed by atoms with Crippen LogP contribution in [0.4, 0.5) is 0 Å². The first-order valence-corrected chi connectivity index (χ1v) is 8.62. The van der Waals surface area contributed by atoms with Crippen LogP contribution in [0.3, 0.4) is 0 Å². The van der Waals surface area contributed by atoms with Crippen LogP contribution in [0.1, 0.15) is 39.2 Å². The van der Waals surface area contributed by atoms with Gasteiger partial charge in [0.2, 0.25) is 10.0 Å². The molecule has 1 fully saturated rings. The van der Waals surface area contributed by atoms with E-state index in [1.54, 1.807) is 16.4 Å². The molecule has 2 unspecified atom stereocenters. The summed E-state index contributed by atoms with van der Waals surface area (Å²) in [5, 5.41) is 3.26. The van der Waals surface area contributed by atoms with Gasteiger partial charge in [-0.15, -0.1) is 0 Å². The average molecular weight is 296 g/mol. The van der Waals surface area contributed by atoms with Crippen molar-refractivity contribution in [2.75, 3.05) is 13.1 Å². The minimum atomic E-state index is -3.41. The number of sulfonamides is 1. The van der Waals surface area contributed by atoms with E-state index in [2.05, 4.69) is 19.2 Å². The van der Waals surface area contributed by atoms with Crippen LogP contribution in [-0.2, 0) is 10.0 Å². The van der Waals surface area contributed by atoms with Crippen molar-refractivity contribution in [3.63, 3.8) is 0 Å². The van der Waals surface area contributed by atoms with Gasteiger partial charge >= 0.3 is 0 Å². The summed E-state index contributed by atoms with van der Waals surface area (Å²) in [7, 11) is -3.41. The Kier molecular flexibility index (Phi) is 4.52. The van der Waals surface area contributed by atoms with Crippen LogP contribution in [-0.4, -0.2) is 37.9 Å². The smallest absolute Gasteiger partial charge is 0.243 e. The first-order valence-electron chi connectivity index (χ1n) is 7.18. The van der Waals surface area contributed by atoms with Crippen molar-refractivity contribution in [1.29, 1.82) is 0 Å². The molecule has 1 N–H and O–H groups in total. The summed E-state index contributed by atoms with van der Waals surface area (Å²) in [6.07, 6.45) is 0. The summed E-state index contributed by atoms with van der Waals surface area (Å²) in [5.41, 5.74) is 1.16. The maximum absolute atomic E-state index is 12.8. The maximum atomic E-state index is 12.8. The fourth-order valence-electron chi connectivity index (χ4n) is 2.74. The van der Waals surface area contributed by atoms with Crippen LogP contribution < -0.4 is 5.32 Å². The van der Waals surface area contributed by atoms with Crippen LogP contribution in [0.2, 0.25) is 0 Å². The maximum Gasteiger partial charge on any atom is 0.243 e. The number of nitrogens with zero attached hydrogens (tertiary/aromatic N) is 1. The SMILES string of the molecule is CC(C)c1ccc(S(=O)(=O)N2C(C)CNCC2C)cc1. The first kappa shape index (κ1) is 15.5. The van der Waals surface area contributed by atoms with E-state index in [1.165, 1.54) is 0 Å². The molecular weight excluding hydrogens is 272 g/mol. The predicted octanol–water partition coefficient (Wildman–Crippen LogP) is 2.18. The number of benzene rings is 1. The van der Waals surface area contributed by atoms with Crippen LogP contribution in [0.5, 0.6) is 0 Å². The zero-order valence-corrected chi connectivity index (χ0v) is 13.4. The molecular formula is C15H24N2O2S. The Morgan fingerprint density at radius 1 is 1.10 bits per heavy atom. The molecule has 1 aromatic rings. The van der Waals surface area contributed by atoms with Crippen molar-refractivity contribution in [3.8, 4) is 0 Å². The normalized spacial score (nSPS) is 25.1. The second-order valence-corrected chi connectivity index (χ2v) is 7.76. The third kappa shape index (κ3) is 2.90. The van der Waals surface area contributed by atoms with Crippen molar-refractivity contribution in [2.45, 2.75) is 50.6 Å². The molecule has 0 saturated carbocycles. The number of hydrogen-bond acceptors (Lipinski definition) is 3. The fraction of sp³-hybridized carbons (Fsp3) is 0.600. The number of hydrogen-bond donors (Lipinski definition) is 1. The second kappa shape index (κ2) is 5.84. The van der Waals surface area contributed by atoms with E-state index in [0.29, 0.717) is 23.9 Å². The summed E-state index contributed by atoms with van der Waals surface area (Å²) >= 11 is 0. The Labute approximate surface area is 122 Å². The molecule has 1 aliphatic heterocycles. The summed E-state index contributed by atoms with van der Waals surface area (Å²) < 4.78 is 27.2. The van der Waals surface area contributed by atoms with Gasteiger partial charge in [0.1, 0.15) is 0 Å². The molecule has 20 heavy (non-hydrogen) atoms. The third-order valence-electron chi connectivity index (χ3n) is 3.87. The molecule has 0 aliphatic carbocycles. The molecule has 1 aliphatic rings. The number of nitrogens with one attached hydrogen (secondary N) is 1. The van der Waals surface area contributed by atoms with E-state index >= 15 is 0 Å². The highest BCUT2D eigenvalue weighted by atomic mass is 32.2. The molecule has 0 radical (unpaired) electrons. The Hall–Kier alpha value is -0.910. The summed E-state index contributed by atoms with van der Waals surface area (Å²) in [6.45, 7) is 9.50. The Balaban J connectivity index is 2.34. The Bertz CT molecular complexity index is 542. The van der Waals surface area contributed by atoms with Crippen LogP contribution >= 0.6 is 0 Å². The van der Waals surface area contributed by atoms with Crippen molar-refractivity contribution in [2.24, 2.45) is 0 Å². The Morgan fingerprint density at radius 2 is 1.60 bits per heavy atom. The highest BCUT2D eigenvalue weighted by Crippen LogP contribution is 2.24. The molecule has 0 bridgehead atoms. The van der Waals surface area contributed by atoms with Gasteiger partial charge in [-0.3, -0.25) is 0 Å². The lowest BCUT2D eigenvalue weighted by molar-refractivity contribution is 0.220. The summed E-state index contributed by atoms with van der Waals surface area (Å²) in [6, 6.07) is 7.24. The predicted molar refractivity (Wildman–Crippen MR) is 81.3 cm³/mol. The molecule has 0 spiro atoms. The topological polar surface area (TPSA) is 49.4 Å². The van der Waals surface area contributed by atoms with Gasteiger partial charge in [-0.05, 0) is 37.5 Å². The van der Waals surface area contributed by atoms with Gasteiger partial charge in [0.15, 0.2) is 0 Å². The highest BCUT2D eigenvalue weighted by Gasteiger charge is 2.35. The standard InChI is InChI=1S/C15H24N2O2S/c1-11(2)14-5-7-15(8-6-14)20(18,19)17-12(3)9-16-10-13(17)4/h5-8,11-13,16H,9-10H2,1-4H3. The van der Waals surface area contributed by atoms with Crippen molar-refractivity contribution in [1.82, 2.24) is 9.62 Å². The molecule has 4 nitrogen and oxygen atoms in total. The lowest BCUT2D eigenvalue weighted by Gasteiger charge is -2.38. The zero-order chi connectivity index (χ0) is 14.9. The van der Waals surface area contributed by atoms with Gasteiger partial charge < -0.3 is 5.32 Å².